The minimum Gasteiger partial charge on any atom is -0.337 e. The second-order valence-corrected chi connectivity index (χ2v) is 5.40. The Bertz CT molecular complexity index is 465. The fourth-order valence-corrected chi connectivity index (χ4v) is 2.28. The summed E-state index contributed by atoms with van der Waals surface area (Å²) in [5.41, 5.74) is 8.50. The van der Waals surface area contributed by atoms with Gasteiger partial charge in [0.15, 0.2) is 0 Å². The van der Waals surface area contributed by atoms with E-state index in [1.807, 2.05) is 36.9 Å². The molecule has 3 nitrogen and oxygen atoms in total. The predicted molar refractivity (Wildman–Crippen MR) is 78.4 cm³/mol. The van der Waals surface area contributed by atoms with Crippen molar-refractivity contribution < 1.29 is 4.79 Å². The third-order valence-corrected chi connectivity index (χ3v) is 3.67. The number of hydrogen-bond acceptors (Lipinski definition) is 2. The number of carbonyl (C=O) groups excluding carboxylic acids is 1. The van der Waals surface area contributed by atoms with Crippen molar-refractivity contribution in [3.05, 3.63) is 42.0 Å². The first-order valence-corrected chi connectivity index (χ1v) is 6.88. The first kappa shape index (κ1) is 13.8. The number of benzene rings is 1. The van der Waals surface area contributed by atoms with E-state index in [4.69, 9.17) is 5.73 Å². The van der Waals surface area contributed by atoms with E-state index < -0.39 is 0 Å². The van der Waals surface area contributed by atoms with Crippen LogP contribution >= 0.6 is 0 Å². The summed E-state index contributed by atoms with van der Waals surface area (Å²) in [7, 11) is 0. The van der Waals surface area contributed by atoms with E-state index in [2.05, 4.69) is 18.2 Å². The molecule has 1 amide bonds. The van der Waals surface area contributed by atoms with Gasteiger partial charge in [0.2, 0.25) is 5.91 Å². The second-order valence-electron chi connectivity index (χ2n) is 5.40. The molecule has 0 aliphatic carbocycles. The molecule has 0 spiro atoms. The number of amides is 1. The van der Waals surface area contributed by atoms with Crippen molar-refractivity contribution in [2.45, 2.75) is 26.3 Å². The van der Waals surface area contributed by atoms with Gasteiger partial charge in [-0.2, -0.15) is 0 Å². The Hall–Kier alpha value is -1.61. The van der Waals surface area contributed by atoms with Crippen LogP contribution in [0.15, 0.2) is 36.4 Å². The first-order valence-electron chi connectivity index (χ1n) is 6.88. The number of nitrogens with two attached hydrogens (primary N) is 1. The summed E-state index contributed by atoms with van der Waals surface area (Å²) in [5.74, 6) is 0.255. The Balaban J connectivity index is 2.02. The van der Waals surface area contributed by atoms with Crippen LogP contribution in [0.25, 0.3) is 5.57 Å². The third-order valence-electron chi connectivity index (χ3n) is 3.67. The van der Waals surface area contributed by atoms with Crippen LogP contribution in [0, 0.1) is 5.92 Å². The predicted octanol–water partition coefficient (Wildman–Crippen LogP) is 2.29. The van der Waals surface area contributed by atoms with Crippen molar-refractivity contribution in [3.8, 4) is 0 Å². The smallest absolute Gasteiger partial charge is 0.240 e. The van der Waals surface area contributed by atoms with Crippen LogP contribution in [-0.4, -0.2) is 29.9 Å². The fourth-order valence-electron chi connectivity index (χ4n) is 2.28. The Morgan fingerprint density at radius 2 is 1.95 bits per heavy atom. The summed E-state index contributed by atoms with van der Waals surface area (Å²) >= 11 is 0. The molecule has 1 heterocycles. The molecule has 0 fully saturated rings. The Morgan fingerprint density at radius 3 is 2.47 bits per heavy atom. The second kappa shape index (κ2) is 6.02. The molecular formula is C16H22N2O. The van der Waals surface area contributed by atoms with Gasteiger partial charge in [0, 0.05) is 13.1 Å². The third kappa shape index (κ3) is 3.24. The van der Waals surface area contributed by atoms with Crippen LogP contribution in [0.1, 0.15) is 25.8 Å². The molecule has 102 valence electrons. The van der Waals surface area contributed by atoms with E-state index >= 15 is 0 Å². The normalized spacial score (nSPS) is 17.3. The van der Waals surface area contributed by atoms with Gasteiger partial charge in [-0.05, 0) is 23.5 Å². The van der Waals surface area contributed by atoms with Gasteiger partial charge in [-0.1, -0.05) is 50.3 Å². The lowest BCUT2D eigenvalue weighted by atomic mass is 9.98. The monoisotopic (exact) mass is 258 g/mol. The molecule has 0 bridgehead atoms. The van der Waals surface area contributed by atoms with E-state index in [-0.39, 0.29) is 17.9 Å². The lowest BCUT2D eigenvalue weighted by Crippen LogP contribution is -2.47. The summed E-state index contributed by atoms with van der Waals surface area (Å²) in [4.78, 5) is 14.0. The van der Waals surface area contributed by atoms with Gasteiger partial charge in [-0.15, -0.1) is 0 Å². The van der Waals surface area contributed by atoms with Crippen LogP contribution in [-0.2, 0) is 4.79 Å². The highest BCUT2D eigenvalue weighted by atomic mass is 16.2. The number of nitrogens with zero attached hydrogens (tertiary/aromatic N) is 1. The largest absolute Gasteiger partial charge is 0.337 e. The molecule has 0 saturated heterocycles. The van der Waals surface area contributed by atoms with Gasteiger partial charge < -0.3 is 10.6 Å². The molecule has 3 heteroatoms. The molecule has 1 aliphatic heterocycles. The maximum absolute atomic E-state index is 12.2. The summed E-state index contributed by atoms with van der Waals surface area (Å²) in [6, 6.07) is 9.95. The molecule has 19 heavy (non-hydrogen) atoms. The first-order chi connectivity index (χ1) is 9.09. The maximum atomic E-state index is 12.2. The molecule has 0 radical (unpaired) electrons. The molecule has 2 N–H and O–H groups in total. The van der Waals surface area contributed by atoms with E-state index in [1.54, 1.807) is 0 Å². The summed E-state index contributed by atoms with van der Waals surface area (Å²) in [5, 5.41) is 0. The molecule has 0 aromatic heterocycles. The van der Waals surface area contributed by atoms with Crippen molar-refractivity contribution >= 4 is 11.5 Å². The molecule has 1 aromatic rings. The van der Waals surface area contributed by atoms with E-state index in [1.165, 1.54) is 11.1 Å². The van der Waals surface area contributed by atoms with Gasteiger partial charge in [0.1, 0.15) is 0 Å². The van der Waals surface area contributed by atoms with Crippen molar-refractivity contribution in [3.63, 3.8) is 0 Å². The quantitative estimate of drug-likeness (QED) is 0.904. The zero-order chi connectivity index (χ0) is 13.8. The van der Waals surface area contributed by atoms with Crippen molar-refractivity contribution in [1.29, 1.82) is 0 Å². The summed E-state index contributed by atoms with van der Waals surface area (Å²) in [6.07, 6.45) is 3.05. The minimum absolute atomic E-state index is 0.0679. The molecule has 1 aliphatic rings. The van der Waals surface area contributed by atoms with Crippen molar-refractivity contribution in [2.24, 2.45) is 11.7 Å². The van der Waals surface area contributed by atoms with Gasteiger partial charge in [-0.3, -0.25) is 4.79 Å². The molecule has 1 atom stereocenters. The van der Waals surface area contributed by atoms with Crippen LogP contribution in [0.3, 0.4) is 0 Å². The summed E-state index contributed by atoms with van der Waals surface area (Å²) in [6.45, 7) is 5.40. The lowest BCUT2D eigenvalue weighted by Gasteiger charge is -2.30. The zero-order valence-corrected chi connectivity index (χ0v) is 11.7. The van der Waals surface area contributed by atoms with Gasteiger partial charge >= 0.3 is 0 Å². The SMILES string of the molecule is CC(C)[C@H](N)C(=O)N1CC=C(c2ccccc2)CC1. The molecule has 0 unspecified atom stereocenters. The lowest BCUT2D eigenvalue weighted by molar-refractivity contribution is -0.133. The van der Waals surface area contributed by atoms with E-state index in [0.29, 0.717) is 6.54 Å². The number of rotatable bonds is 3. The van der Waals surface area contributed by atoms with Crippen molar-refractivity contribution in [2.75, 3.05) is 13.1 Å². The van der Waals surface area contributed by atoms with E-state index in [0.717, 1.165) is 13.0 Å². The standard InChI is InChI=1S/C16H22N2O/c1-12(2)15(17)16(19)18-10-8-14(9-11-18)13-6-4-3-5-7-13/h3-8,12,15H,9-11,17H2,1-2H3/t15-/m0/s1. The Morgan fingerprint density at radius 1 is 1.26 bits per heavy atom. The average Bonchev–Trinajstić information content (AvgIpc) is 2.46. The van der Waals surface area contributed by atoms with Gasteiger partial charge in [0.05, 0.1) is 6.04 Å². The topological polar surface area (TPSA) is 46.3 Å². The van der Waals surface area contributed by atoms with Crippen LogP contribution in [0.5, 0.6) is 0 Å². The fraction of sp³-hybridized carbons (Fsp3) is 0.438. The highest BCUT2D eigenvalue weighted by molar-refractivity contribution is 5.83. The average molecular weight is 258 g/mol. The van der Waals surface area contributed by atoms with Crippen LogP contribution in [0.2, 0.25) is 0 Å². The Labute approximate surface area is 115 Å². The molecule has 2 rings (SSSR count). The van der Waals surface area contributed by atoms with Crippen molar-refractivity contribution in [1.82, 2.24) is 4.90 Å². The summed E-state index contributed by atoms with van der Waals surface area (Å²) < 4.78 is 0. The Kier molecular flexibility index (Phi) is 4.38. The molecular weight excluding hydrogens is 236 g/mol. The zero-order valence-electron chi connectivity index (χ0n) is 11.7. The van der Waals surface area contributed by atoms with Crippen LogP contribution < -0.4 is 5.73 Å². The highest BCUT2D eigenvalue weighted by Crippen LogP contribution is 2.22. The number of hydrogen-bond donors (Lipinski definition) is 1. The maximum Gasteiger partial charge on any atom is 0.240 e. The minimum atomic E-state index is -0.383. The highest BCUT2D eigenvalue weighted by Gasteiger charge is 2.24. The number of carbonyl (C=O) groups is 1. The molecule has 1 aromatic carbocycles. The van der Waals surface area contributed by atoms with Crippen LogP contribution in [0.4, 0.5) is 0 Å². The van der Waals surface area contributed by atoms with Gasteiger partial charge in [0.25, 0.3) is 0 Å². The molecule has 0 saturated carbocycles. The van der Waals surface area contributed by atoms with Gasteiger partial charge in [-0.25, -0.2) is 0 Å². The van der Waals surface area contributed by atoms with E-state index in [9.17, 15) is 4.79 Å².